The minimum atomic E-state index is -0.0841. The van der Waals surface area contributed by atoms with Crippen molar-refractivity contribution in [2.75, 3.05) is 25.6 Å². The van der Waals surface area contributed by atoms with E-state index in [9.17, 15) is 4.79 Å². The van der Waals surface area contributed by atoms with Crippen LogP contribution in [0.2, 0.25) is 0 Å². The Morgan fingerprint density at radius 1 is 1.36 bits per heavy atom. The lowest BCUT2D eigenvalue weighted by molar-refractivity contribution is -0.122. The van der Waals surface area contributed by atoms with E-state index in [1.54, 1.807) is 24.5 Å². The van der Waals surface area contributed by atoms with Gasteiger partial charge >= 0.3 is 0 Å². The molecule has 1 amide bonds. The van der Waals surface area contributed by atoms with Gasteiger partial charge in [-0.3, -0.25) is 9.78 Å². The number of pyridine rings is 1. The summed E-state index contributed by atoms with van der Waals surface area (Å²) in [5.41, 5.74) is 0.815. The minimum absolute atomic E-state index is 0.0402. The standard InChI is InChI=1S/C16H20N4O4S/c1-2-23-13-10-22-9-12(13)18-14(21)5-8-25-16-20-19-15(24-16)11-3-6-17-7-4-11/h3-4,6-7,12-13H,2,5,8-10H2,1H3,(H,18,21)/t12-,13-/m0/s1. The molecule has 2 atom stereocenters. The third kappa shape index (κ3) is 5.00. The highest BCUT2D eigenvalue weighted by Crippen LogP contribution is 2.23. The summed E-state index contributed by atoms with van der Waals surface area (Å²) in [5.74, 6) is 0.954. The summed E-state index contributed by atoms with van der Waals surface area (Å²) >= 11 is 1.35. The maximum absolute atomic E-state index is 12.1. The van der Waals surface area contributed by atoms with Gasteiger partial charge in [0.1, 0.15) is 6.10 Å². The first-order chi connectivity index (χ1) is 12.3. The molecule has 0 radical (unpaired) electrons. The van der Waals surface area contributed by atoms with E-state index >= 15 is 0 Å². The number of ether oxygens (including phenoxy) is 2. The summed E-state index contributed by atoms with van der Waals surface area (Å²) in [6.45, 7) is 3.54. The van der Waals surface area contributed by atoms with Crippen LogP contribution in [0.25, 0.3) is 11.5 Å². The molecule has 1 aliphatic rings. The lowest BCUT2D eigenvalue weighted by Crippen LogP contribution is -2.43. The number of hydrogen-bond acceptors (Lipinski definition) is 8. The summed E-state index contributed by atoms with van der Waals surface area (Å²) in [6.07, 6.45) is 3.62. The summed E-state index contributed by atoms with van der Waals surface area (Å²) in [7, 11) is 0. The zero-order chi connectivity index (χ0) is 17.5. The van der Waals surface area contributed by atoms with Gasteiger partial charge in [-0.15, -0.1) is 10.2 Å². The van der Waals surface area contributed by atoms with Gasteiger partial charge in [-0.25, -0.2) is 0 Å². The lowest BCUT2D eigenvalue weighted by atomic mass is 10.2. The quantitative estimate of drug-likeness (QED) is 0.704. The number of amides is 1. The molecule has 0 spiro atoms. The Labute approximate surface area is 149 Å². The third-order valence-corrected chi connectivity index (χ3v) is 4.46. The van der Waals surface area contributed by atoms with Gasteiger partial charge in [-0.2, -0.15) is 0 Å². The molecule has 2 aromatic rings. The van der Waals surface area contributed by atoms with Gasteiger partial charge in [0.2, 0.25) is 11.8 Å². The van der Waals surface area contributed by atoms with Crippen molar-refractivity contribution in [3.63, 3.8) is 0 Å². The van der Waals surface area contributed by atoms with E-state index in [0.717, 1.165) is 5.56 Å². The van der Waals surface area contributed by atoms with Crippen LogP contribution >= 0.6 is 11.8 Å². The fourth-order valence-corrected chi connectivity index (χ4v) is 3.14. The van der Waals surface area contributed by atoms with Crippen LogP contribution in [0, 0.1) is 0 Å². The molecular weight excluding hydrogens is 344 g/mol. The normalized spacial score (nSPS) is 19.9. The molecular formula is C16H20N4O4S. The first-order valence-electron chi connectivity index (χ1n) is 8.11. The van der Waals surface area contributed by atoms with E-state index in [1.165, 1.54) is 11.8 Å². The van der Waals surface area contributed by atoms with E-state index in [0.29, 0.717) is 43.1 Å². The molecule has 8 nitrogen and oxygen atoms in total. The number of nitrogens with zero attached hydrogens (tertiary/aromatic N) is 3. The van der Waals surface area contributed by atoms with Gasteiger partial charge in [0.25, 0.3) is 5.22 Å². The Bertz CT molecular complexity index is 682. The number of aromatic nitrogens is 3. The van der Waals surface area contributed by atoms with Crippen molar-refractivity contribution in [2.24, 2.45) is 0 Å². The van der Waals surface area contributed by atoms with Crippen LogP contribution in [0.1, 0.15) is 13.3 Å². The molecule has 3 rings (SSSR count). The molecule has 3 heterocycles. The Balaban J connectivity index is 1.42. The van der Waals surface area contributed by atoms with E-state index in [-0.39, 0.29) is 18.1 Å². The maximum Gasteiger partial charge on any atom is 0.276 e. The van der Waals surface area contributed by atoms with Crippen molar-refractivity contribution in [1.29, 1.82) is 0 Å². The van der Waals surface area contributed by atoms with Gasteiger partial charge in [0.15, 0.2) is 0 Å². The summed E-state index contributed by atoms with van der Waals surface area (Å²) in [5, 5.41) is 11.4. The van der Waals surface area contributed by atoms with Crippen LogP contribution in [-0.2, 0) is 14.3 Å². The van der Waals surface area contributed by atoms with Crippen molar-refractivity contribution >= 4 is 17.7 Å². The average Bonchev–Trinajstić information content (AvgIpc) is 3.26. The summed E-state index contributed by atoms with van der Waals surface area (Å²) in [4.78, 5) is 16.0. The first kappa shape index (κ1) is 17.8. The van der Waals surface area contributed by atoms with Gasteiger partial charge in [-0.05, 0) is 19.1 Å². The van der Waals surface area contributed by atoms with Crippen LogP contribution in [-0.4, -0.2) is 58.8 Å². The second-order valence-corrected chi connectivity index (χ2v) is 6.46. The largest absolute Gasteiger partial charge is 0.411 e. The molecule has 0 aliphatic carbocycles. The van der Waals surface area contributed by atoms with Crippen LogP contribution in [0.3, 0.4) is 0 Å². The molecule has 1 fully saturated rings. The lowest BCUT2D eigenvalue weighted by Gasteiger charge is -2.18. The van der Waals surface area contributed by atoms with Gasteiger partial charge in [0, 0.05) is 36.7 Å². The monoisotopic (exact) mass is 364 g/mol. The topological polar surface area (TPSA) is 99.4 Å². The van der Waals surface area contributed by atoms with Crippen molar-refractivity contribution in [2.45, 2.75) is 30.7 Å². The van der Waals surface area contributed by atoms with Gasteiger partial charge in [0.05, 0.1) is 19.3 Å². The molecule has 25 heavy (non-hydrogen) atoms. The summed E-state index contributed by atoms with van der Waals surface area (Å²) in [6, 6.07) is 3.51. The molecule has 9 heteroatoms. The van der Waals surface area contributed by atoms with Gasteiger partial charge < -0.3 is 19.2 Å². The SMILES string of the molecule is CCO[C@H]1COC[C@@H]1NC(=O)CCSc1nnc(-c2ccncc2)o1. The Hall–Kier alpha value is -1.97. The van der Waals surface area contributed by atoms with E-state index in [1.807, 2.05) is 6.92 Å². The van der Waals surface area contributed by atoms with E-state index < -0.39 is 0 Å². The highest BCUT2D eigenvalue weighted by molar-refractivity contribution is 7.99. The van der Waals surface area contributed by atoms with Crippen LogP contribution in [0.4, 0.5) is 0 Å². The van der Waals surface area contributed by atoms with Crippen LogP contribution in [0.15, 0.2) is 34.2 Å². The van der Waals surface area contributed by atoms with Crippen LogP contribution in [0.5, 0.6) is 0 Å². The molecule has 0 unspecified atom stereocenters. The number of carbonyl (C=O) groups excluding carboxylic acids is 1. The molecule has 0 aromatic carbocycles. The predicted molar refractivity (Wildman–Crippen MR) is 91.0 cm³/mol. The number of thioether (sulfide) groups is 1. The molecule has 1 saturated heterocycles. The third-order valence-electron chi connectivity index (χ3n) is 3.64. The fraction of sp³-hybridized carbons (Fsp3) is 0.500. The van der Waals surface area contributed by atoms with Crippen molar-refractivity contribution in [1.82, 2.24) is 20.5 Å². The molecule has 1 N–H and O–H groups in total. The Kier molecular flexibility index (Phi) is 6.37. The zero-order valence-corrected chi connectivity index (χ0v) is 14.7. The maximum atomic E-state index is 12.1. The van der Waals surface area contributed by atoms with E-state index in [2.05, 4.69) is 20.5 Å². The van der Waals surface area contributed by atoms with Crippen molar-refractivity contribution in [3.05, 3.63) is 24.5 Å². The highest BCUT2D eigenvalue weighted by atomic mass is 32.2. The van der Waals surface area contributed by atoms with E-state index in [4.69, 9.17) is 13.9 Å². The Morgan fingerprint density at radius 3 is 3.00 bits per heavy atom. The highest BCUT2D eigenvalue weighted by Gasteiger charge is 2.29. The summed E-state index contributed by atoms with van der Waals surface area (Å²) < 4.78 is 16.5. The predicted octanol–water partition coefficient (Wildman–Crippen LogP) is 1.53. The molecule has 2 aromatic heterocycles. The second kappa shape index (κ2) is 8.93. The molecule has 134 valence electrons. The Morgan fingerprint density at radius 2 is 2.20 bits per heavy atom. The average molecular weight is 364 g/mol. The number of carbonyl (C=O) groups is 1. The fourth-order valence-electron chi connectivity index (χ4n) is 2.44. The van der Waals surface area contributed by atoms with Gasteiger partial charge in [-0.1, -0.05) is 11.8 Å². The second-order valence-electron chi connectivity index (χ2n) is 5.41. The van der Waals surface area contributed by atoms with Crippen molar-refractivity contribution < 1.29 is 18.7 Å². The number of nitrogens with one attached hydrogen (secondary N) is 1. The van der Waals surface area contributed by atoms with Crippen LogP contribution < -0.4 is 5.32 Å². The molecule has 1 aliphatic heterocycles. The van der Waals surface area contributed by atoms with Crippen molar-refractivity contribution in [3.8, 4) is 11.5 Å². The first-order valence-corrected chi connectivity index (χ1v) is 9.10. The zero-order valence-electron chi connectivity index (χ0n) is 13.9. The molecule has 0 saturated carbocycles. The minimum Gasteiger partial charge on any atom is -0.411 e. The number of hydrogen-bond donors (Lipinski definition) is 1. The molecule has 0 bridgehead atoms. The smallest absolute Gasteiger partial charge is 0.276 e. The number of rotatable bonds is 8.